The summed E-state index contributed by atoms with van der Waals surface area (Å²) in [5.41, 5.74) is 3.40. The number of carbonyl (C=O) groups is 2. The van der Waals surface area contributed by atoms with Crippen LogP contribution in [0.15, 0.2) is 72.8 Å². The van der Waals surface area contributed by atoms with Crippen LogP contribution >= 0.6 is 12.4 Å². The second kappa shape index (κ2) is 11.5. The number of anilines is 1. The summed E-state index contributed by atoms with van der Waals surface area (Å²) in [7, 11) is 0. The molecule has 1 aliphatic heterocycles. The van der Waals surface area contributed by atoms with Crippen molar-refractivity contribution in [2.24, 2.45) is 0 Å². The van der Waals surface area contributed by atoms with Gasteiger partial charge in [-0.15, -0.1) is 12.4 Å². The van der Waals surface area contributed by atoms with Crippen LogP contribution in [0.5, 0.6) is 5.75 Å². The maximum Gasteiger partial charge on any atom is 0.335 e. The molecule has 1 atom stereocenters. The van der Waals surface area contributed by atoms with Gasteiger partial charge in [0.05, 0.1) is 18.3 Å². The molecule has 0 aromatic heterocycles. The Morgan fingerprint density at radius 2 is 1.64 bits per heavy atom. The van der Waals surface area contributed by atoms with Crippen molar-refractivity contribution in [3.05, 3.63) is 95.1 Å². The van der Waals surface area contributed by atoms with Crippen molar-refractivity contribution in [1.29, 1.82) is 0 Å². The average molecular weight is 469 g/mol. The van der Waals surface area contributed by atoms with Crippen molar-refractivity contribution < 1.29 is 24.2 Å². The molecule has 4 rings (SSSR count). The molecule has 1 heterocycles. The maximum absolute atomic E-state index is 12.5. The van der Waals surface area contributed by atoms with Crippen molar-refractivity contribution >= 4 is 30.0 Å². The Bertz CT molecular complexity index is 1060. The minimum Gasteiger partial charge on any atom is -0.489 e. The fraction of sp³-hybridized carbons (Fsp3) is 0.200. The highest BCUT2D eigenvalue weighted by molar-refractivity contribution is 6.04. The highest BCUT2D eigenvalue weighted by atomic mass is 35.5. The van der Waals surface area contributed by atoms with Gasteiger partial charge in [0.15, 0.2) is 0 Å². The third kappa shape index (κ3) is 6.55. The molecule has 0 aliphatic carbocycles. The molecule has 0 radical (unpaired) electrons. The molecular weight excluding hydrogens is 444 g/mol. The van der Waals surface area contributed by atoms with Crippen LogP contribution in [0.2, 0.25) is 0 Å². The Kier molecular flexibility index (Phi) is 8.43. The van der Waals surface area contributed by atoms with Gasteiger partial charge in [-0.2, -0.15) is 0 Å². The van der Waals surface area contributed by atoms with Crippen LogP contribution in [0, 0.1) is 0 Å². The van der Waals surface area contributed by atoms with E-state index in [1.54, 1.807) is 48.5 Å². The number of benzene rings is 3. The first-order valence-corrected chi connectivity index (χ1v) is 10.4. The quantitative estimate of drug-likeness (QED) is 0.478. The number of carboxylic acid groups (broad SMARTS) is 1. The average Bonchev–Trinajstić information content (AvgIpc) is 2.84. The van der Waals surface area contributed by atoms with E-state index < -0.39 is 5.97 Å². The van der Waals surface area contributed by atoms with Crippen LogP contribution in [0.1, 0.15) is 37.9 Å². The van der Waals surface area contributed by atoms with Crippen molar-refractivity contribution in [3.63, 3.8) is 0 Å². The van der Waals surface area contributed by atoms with Gasteiger partial charge in [0, 0.05) is 24.3 Å². The number of morpholine rings is 1. The first-order valence-electron chi connectivity index (χ1n) is 10.4. The highest BCUT2D eigenvalue weighted by Gasteiger charge is 2.15. The number of nitrogens with one attached hydrogen (secondary N) is 2. The first kappa shape index (κ1) is 24.3. The summed E-state index contributed by atoms with van der Waals surface area (Å²) in [4.78, 5) is 23.4. The lowest BCUT2D eigenvalue weighted by Crippen LogP contribution is -2.33. The van der Waals surface area contributed by atoms with Gasteiger partial charge in [0.2, 0.25) is 0 Å². The van der Waals surface area contributed by atoms with Crippen molar-refractivity contribution in [1.82, 2.24) is 5.32 Å². The van der Waals surface area contributed by atoms with Crippen molar-refractivity contribution in [3.8, 4) is 5.75 Å². The number of aromatic carboxylic acids is 1. The second-order valence-electron chi connectivity index (χ2n) is 7.45. The highest BCUT2D eigenvalue weighted by Crippen LogP contribution is 2.21. The first-order chi connectivity index (χ1) is 15.6. The standard InChI is InChI=1S/C25H24N2O5.ClH/c28-24(27-21-9-5-18(6-10-21)23-15-26-13-14-31-23)19-7-11-22(12-8-19)32-16-17-1-3-20(4-2-17)25(29)30;/h1-12,23,26H,13-16H2,(H,27,28)(H,29,30);1H. The monoisotopic (exact) mass is 468 g/mol. The van der Waals surface area contributed by atoms with Crippen LogP contribution in [0.25, 0.3) is 0 Å². The van der Waals surface area contributed by atoms with Crippen LogP contribution in [-0.4, -0.2) is 36.7 Å². The van der Waals surface area contributed by atoms with E-state index in [9.17, 15) is 9.59 Å². The van der Waals surface area contributed by atoms with Crippen LogP contribution < -0.4 is 15.4 Å². The fourth-order valence-electron chi connectivity index (χ4n) is 3.38. The molecule has 1 unspecified atom stereocenters. The number of hydrogen-bond acceptors (Lipinski definition) is 5. The van der Waals surface area contributed by atoms with Gasteiger partial charge in [-0.25, -0.2) is 4.79 Å². The normalized spacial score (nSPS) is 15.2. The summed E-state index contributed by atoms with van der Waals surface area (Å²) in [5.74, 6) is -0.545. The summed E-state index contributed by atoms with van der Waals surface area (Å²) in [6, 6.07) is 21.1. The zero-order valence-corrected chi connectivity index (χ0v) is 18.6. The van der Waals surface area contributed by atoms with Crippen molar-refractivity contribution in [2.45, 2.75) is 12.7 Å². The summed E-state index contributed by atoms with van der Waals surface area (Å²) < 4.78 is 11.5. The Morgan fingerprint density at radius 3 is 2.24 bits per heavy atom. The number of halogens is 1. The van der Waals surface area contributed by atoms with Gasteiger partial charge < -0.3 is 25.2 Å². The SMILES string of the molecule is Cl.O=C(O)c1ccc(COc2ccc(C(=O)Nc3ccc(C4CNCCO4)cc3)cc2)cc1. The fourth-order valence-corrected chi connectivity index (χ4v) is 3.38. The zero-order chi connectivity index (χ0) is 22.3. The number of rotatable bonds is 7. The van der Waals surface area contributed by atoms with Gasteiger partial charge in [-0.05, 0) is 59.7 Å². The number of amides is 1. The van der Waals surface area contributed by atoms with E-state index in [-0.39, 0.29) is 30.0 Å². The molecule has 8 heteroatoms. The van der Waals surface area contributed by atoms with Crippen LogP contribution in [0.4, 0.5) is 5.69 Å². The number of carboxylic acids is 1. The summed E-state index contributed by atoms with van der Waals surface area (Å²) in [6.45, 7) is 2.65. The molecule has 0 spiro atoms. The lowest BCUT2D eigenvalue weighted by molar-refractivity contribution is 0.0277. The van der Waals surface area contributed by atoms with Crippen LogP contribution in [0.3, 0.4) is 0 Å². The molecule has 0 bridgehead atoms. The van der Waals surface area contributed by atoms with E-state index in [1.807, 2.05) is 24.3 Å². The Labute approximate surface area is 198 Å². The van der Waals surface area contributed by atoms with Gasteiger partial charge in [-0.3, -0.25) is 4.79 Å². The Morgan fingerprint density at radius 1 is 0.970 bits per heavy atom. The van der Waals surface area contributed by atoms with E-state index in [4.69, 9.17) is 14.6 Å². The summed E-state index contributed by atoms with van der Waals surface area (Å²) in [5, 5.41) is 15.1. The lowest BCUT2D eigenvalue weighted by atomic mass is 10.1. The summed E-state index contributed by atoms with van der Waals surface area (Å²) in [6.07, 6.45) is 0.0381. The molecule has 33 heavy (non-hydrogen) atoms. The minimum atomic E-state index is -0.960. The second-order valence-corrected chi connectivity index (χ2v) is 7.45. The van der Waals surface area contributed by atoms with E-state index >= 15 is 0 Å². The number of ether oxygens (including phenoxy) is 2. The molecule has 3 aromatic carbocycles. The Hall–Kier alpha value is -3.39. The molecule has 172 valence electrons. The largest absolute Gasteiger partial charge is 0.489 e. The molecule has 1 fully saturated rings. The molecule has 1 aliphatic rings. The molecule has 7 nitrogen and oxygen atoms in total. The zero-order valence-electron chi connectivity index (χ0n) is 17.8. The van der Waals surface area contributed by atoms with Gasteiger partial charge in [0.1, 0.15) is 12.4 Å². The molecule has 0 saturated carbocycles. The van der Waals surface area contributed by atoms with E-state index in [0.717, 1.165) is 24.2 Å². The smallest absolute Gasteiger partial charge is 0.335 e. The number of hydrogen-bond donors (Lipinski definition) is 3. The van der Waals surface area contributed by atoms with E-state index in [1.165, 1.54) is 0 Å². The predicted molar refractivity (Wildman–Crippen MR) is 127 cm³/mol. The maximum atomic E-state index is 12.5. The van der Waals surface area contributed by atoms with E-state index in [2.05, 4.69) is 10.6 Å². The molecule has 3 N–H and O–H groups in total. The van der Waals surface area contributed by atoms with Gasteiger partial charge >= 0.3 is 5.97 Å². The Balaban J connectivity index is 0.00000306. The molecular formula is C25H25ClN2O5. The van der Waals surface area contributed by atoms with E-state index in [0.29, 0.717) is 30.2 Å². The topological polar surface area (TPSA) is 96.9 Å². The molecule has 1 saturated heterocycles. The minimum absolute atomic E-state index is 0. The van der Waals surface area contributed by atoms with Crippen LogP contribution in [-0.2, 0) is 11.3 Å². The van der Waals surface area contributed by atoms with Gasteiger partial charge in [0.25, 0.3) is 5.91 Å². The lowest BCUT2D eigenvalue weighted by Gasteiger charge is -2.24. The third-order valence-electron chi connectivity index (χ3n) is 5.19. The number of carbonyl (C=O) groups excluding carboxylic acids is 1. The molecule has 3 aromatic rings. The predicted octanol–water partition coefficient (Wildman–Crippen LogP) is 4.30. The van der Waals surface area contributed by atoms with Gasteiger partial charge in [-0.1, -0.05) is 24.3 Å². The summed E-state index contributed by atoms with van der Waals surface area (Å²) >= 11 is 0. The van der Waals surface area contributed by atoms with Crippen molar-refractivity contribution in [2.75, 3.05) is 25.0 Å². The third-order valence-corrected chi connectivity index (χ3v) is 5.19. The molecule has 1 amide bonds.